The highest BCUT2D eigenvalue weighted by Crippen LogP contribution is 2.21. The first kappa shape index (κ1) is 11.7. The summed E-state index contributed by atoms with van der Waals surface area (Å²) in [6.07, 6.45) is 4.63. The molecule has 1 amide bonds. The molecule has 1 saturated heterocycles. The Bertz CT molecular complexity index is 231. The van der Waals surface area contributed by atoms with Crippen LogP contribution in [0.25, 0.3) is 0 Å². The highest BCUT2D eigenvalue weighted by molar-refractivity contribution is 5.68. The number of piperazine rings is 1. The van der Waals surface area contributed by atoms with Crippen molar-refractivity contribution in [1.82, 2.24) is 9.80 Å². The first-order valence-electron chi connectivity index (χ1n) is 6.47. The molecule has 0 radical (unpaired) electrons. The Morgan fingerprint density at radius 3 is 2.38 bits per heavy atom. The molecule has 4 nitrogen and oxygen atoms in total. The lowest BCUT2D eigenvalue weighted by molar-refractivity contribution is 0.0491. The van der Waals surface area contributed by atoms with Crippen molar-refractivity contribution in [1.29, 1.82) is 0 Å². The van der Waals surface area contributed by atoms with Gasteiger partial charge in [-0.1, -0.05) is 6.92 Å². The number of carbonyl (C=O) groups is 1. The molecule has 1 heterocycles. The molecule has 0 unspecified atom stereocenters. The van der Waals surface area contributed by atoms with Crippen molar-refractivity contribution in [2.24, 2.45) is 0 Å². The van der Waals surface area contributed by atoms with Gasteiger partial charge in [0.15, 0.2) is 0 Å². The van der Waals surface area contributed by atoms with Crippen LogP contribution in [0.1, 0.15) is 32.6 Å². The minimum absolute atomic E-state index is 0.0948. The van der Waals surface area contributed by atoms with E-state index in [-0.39, 0.29) is 12.2 Å². The highest BCUT2D eigenvalue weighted by atomic mass is 16.6. The SMILES string of the molecule is CCN1CCN(C(=O)OC2CCCC2)CC1. The van der Waals surface area contributed by atoms with Crippen LogP contribution in [0.2, 0.25) is 0 Å². The van der Waals surface area contributed by atoms with Crippen molar-refractivity contribution < 1.29 is 9.53 Å². The third kappa shape index (κ3) is 2.88. The Kier molecular flexibility index (Phi) is 4.04. The van der Waals surface area contributed by atoms with Crippen LogP contribution in [-0.2, 0) is 4.74 Å². The maximum absolute atomic E-state index is 11.8. The van der Waals surface area contributed by atoms with Crippen LogP contribution in [0.15, 0.2) is 0 Å². The maximum Gasteiger partial charge on any atom is 0.410 e. The van der Waals surface area contributed by atoms with E-state index >= 15 is 0 Å². The lowest BCUT2D eigenvalue weighted by atomic mass is 10.3. The van der Waals surface area contributed by atoms with Crippen molar-refractivity contribution in [2.45, 2.75) is 38.7 Å². The lowest BCUT2D eigenvalue weighted by Gasteiger charge is -2.33. The summed E-state index contributed by atoms with van der Waals surface area (Å²) in [5.74, 6) is 0. The Morgan fingerprint density at radius 2 is 1.81 bits per heavy atom. The zero-order valence-electron chi connectivity index (χ0n) is 10.2. The number of carbonyl (C=O) groups excluding carboxylic acids is 1. The van der Waals surface area contributed by atoms with Gasteiger partial charge in [-0.2, -0.15) is 0 Å². The van der Waals surface area contributed by atoms with Gasteiger partial charge in [-0.05, 0) is 32.2 Å². The average molecular weight is 226 g/mol. The van der Waals surface area contributed by atoms with Crippen molar-refractivity contribution in [3.05, 3.63) is 0 Å². The number of rotatable bonds is 2. The summed E-state index contributed by atoms with van der Waals surface area (Å²) >= 11 is 0. The molecule has 2 fully saturated rings. The Labute approximate surface area is 97.5 Å². The van der Waals surface area contributed by atoms with E-state index in [1.54, 1.807) is 0 Å². The molecule has 0 N–H and O–H groups in total. The van der Waals surface area contributed by atoms with Crippen LogP contribution in [0.3, 0.4) is 0 Å². The van der Waals surface area contributed by atoms with Gasteiger partial charge in [0.2, 0.25) is 0 Å². The molecule has 0 aromatic heterocycles. The van der Waals surface area contributed by atoms with Crippen LogP contribution in [-0.4, -0.2) is 54.7 Å². The van der Waals surface area contributed by atoms with Crippen LogP contribution in [0, 0.1) is 0 Å². The molecule has 16 heavy (non-hydrogen) atoms. The van der Waals surface area contributed by atoms with Gasteiger partial charge in [0.25, 0.3) is 0 Å². The normalized spacial score (nSPS) is 23.7. The highest BCUT2D eigenvalue weighted by Gasteiger charge is 2.25. The molecule has 0 atom stereocenters. The standard InChI is InChI=1S/C12H22N2O2/c1-2-13-7-9-14(10-8-13)12(15)16-11-5-3-4-6-11/h11H,2-10H2,1H3. The maximum atomic E-state index is 11.8. The van der Waals surface area contributed by atoms with E-state index in [1.165, 1.54) is 12.8 Å². The number of amides is 1. The van der Waals surface area contributed by atoms with Gasteiger partial charge >= 0.3 is 6.09 Å². The van der Waals surface area contributed by atoms with Crippen LogP contribution < -0.4 is 0 Å². The van der Waals surface area contributed by atoms with Crippen LogP contribution in [0.5, 0.6) is 0 Å². The Morgan fingerprint density at radius 1 is 1.19 bits per heavy atom. The molecule has 0 bridgehead atoms. The zero-order chi connectivity index (χ0) is 11.4. The van der Waals surface area contributed by atoms with Gasteiger partial charge in [0.1, 0.15) is 6.10 Å². The summed E-state index contributed by atoms with van der Waals surface area (Å²) in [5.41, 5.74) is 0. The molecule has 0 aromatic rings. The second-order valence-corrected chi connectivity index (χ2v) is 4.71. The summed E-state index contributed by atoms with van der Waals surface area (Å²) in [6.45, 7) is 6.84. The molecule has 2 aliphatic rings. The van der Waals surface area contributed by atoms with E-state index in [4.69, 9.17) is 4.74 Å². The summed E-state index contributed by atoms with van der Waals surface area (Å²) in [4.78, 5) is 16.0. The minimum Gasteiger partial charge on any atom is -0.446 e. The topological polar surface area (TPSA) is 32.8 Å². The van der Waals surface area contributed by atoms with Gasteiger partial charge in [-0.3, -0.25) is 0 Å². The van der Waals surface area contributed by atoms with Crippen LogP contribution in [0.4, 0.5) is 4.79 Å². The first-order chi connectivity index (χ1) is 7.79. The van der Waals surface area contributed by atoms with Crippen molar-refractivity contribution in [2.75, 3.05) is 32.7 Å². The fourth-order valence-corrected chi connectivity index (χ4v) is 2.47. The Balaban J connectivity index is 1.73. The van der Waals surface area contributed by atoms with Crippen molar-refractivity contribution >= 4 is 6.09 Å². The van der Waals surface area contributed by atoms with E-state index in [2.05, 4.69) is 11.8 Å². The summed E-state index contributed by atoms with van der Waals surface area (Å²) in [7, 11) is 0. The van der Waals surface area contributed by atoms with E-state index in [0.29, 0.717) is 0 Å². The summed E-state index contributed by atoms with van der Waals surface area (Å²) in [5, 5.41) is 0. The molecule has 0 aromatic carbocycles. The number of nitrogens with zero attached hydrogens (tertiary/aromatic N) is 2. The summed E-state index contributed by atoms with van der Waals surface area (Å²) in [6, 6.07) is 0. The molecular weight excluding hydrogens is 204 g/mol. The molecule has 0 spiro atoms. The summed E-state index contributed by atoms with van der Waals surface area (Å²) < 4.78 is 5.49. The quantitative estimate of drug-likeness (QED) is 0.718. The van der Waals surface area contributed by atoms with Gasteiger partial charge in [0, 0.05) is 26.2 Å². The van der Waals surface area contributed by atoms with E-state index in [1.807, 2.05) is 4.90 Å². The molecule has 4 heteroatoms. The van der Waals surface area contributed by atoms with E-state index in [9.17, 15) is 4.79 Å². The van der Waals surface area contributed by atoms with Crippen molar-refractivity contribution in [3.63, 3.8) is 0 Å². The molecular formula is C12H22N2O2. The molecule has 1 aliphatic heterocycles. The van der Waals surface area contributed by atoms with Gasteiger partial charge in [-0.25, -0.2) is 4.79 Å². The fourth-order valence-electron chi connectivity index (χ4n) is 2.47. The van der Waals surface area contributed by atoms with Crippen LogP contribution >= 0.6 is 0 Å². The smallest absolute Gasteiger partial charge is 0.410 e. The second-order valence-electron chi connectivity index (χ2n) is 4.71. The van der Waals surface area contributed by atoms with Gasteiger partial charge in [-0.15, -0.1) is 0 Å². The number of hydrogen-bond donors (Lipinski definition) is 0. The minimum atomic E-state index is -0.0948. The molecule has 1 aliphatic carbocycles. The first-order valence-corrected chi connectivity index (χ1v) is 6.47. The second kappa shape index (κ2) is 5.53. The third-order valence-corrected chi connectivity index (χ3v) is 3.65. The molecule has 2 rings (SSSR count). The molecule has 92 valence electrons. The number of likely N-dealkylation sites (N-methyl/N-ethyl adjacent to an activating group) is 1. The van der Waals surface area contributed by atoms with Crippen molar-refractivity contribution in [3.8, 4) is 0 Å². The van der Waals surface area contributed by atoms with Gasteiger partial charge in [0.05, 0.1) is 0 Å². The zero-order valence-corrected chi connectivity index (χ0v) is 10.2. The van der Waals surface area contributed by atoms with E-state index < -0.39 is 0 Å². The fraction of sp³-hybridized carbons (Fsp3) is 0.917. The monoisotopic (exact) mass is 226 g/mol. The largest absolute Gasteiger partial charge is 0.446 e. The molecule has 1 saturated carbocycles. The van der Waals surface area contributed by atoms with Gasteiger partial charge < -0.3 is 14.5 Å². The average Bonchev–Trinajstić information content (AvgIpc) is 2.82. The predicted molar refractivity (Wildman–Crippen MR) is 62.4 cm³/mol. The number of hydrogen-bond acceptors (Lipinski definition) is 3. The number of ether oxygens (including phenoxy) is 1. The van der Waals surface area contributed by atoms with E-state index in [0.717, 1.165) is 45.6 Å². The third-order valence-electron chi connectivity index (χ3n) is 3.65. The predicted octanol–water partition coefficient (Wildman–Crippen LogP) is 1.70. The Hall–Kier alpha value is -0.770. The lowest BCUT2D eigenvalue weighted by Crippen LogP contribution is -2.49.